The number of hydrogen-bond acceptors (Lipinski definition) is 1. The summed E-state index contributed by atoms with van der Waals surface area (Å²) in [6, 6.07) is 0. The van der Waals surface area contributed by atoms with Crippen LogP contribution in [-0.2, 0) is 4.79 Å². The van der Waals surface area contributed by atoms with Crippen LogP contribution in [0.4, 0.5) is 0 Å². The van der Waals surface area contributed by atoms with Crippen molar-refractivity contribution < 1.29 is 43.0 Å². The predicted molar refractivity (Wildman–Crippen MR) is 16.4 cm³/mol. The Morgan fingerprint density at radius 2 is 2.00 bits per heavy atom. The number of hydrogen-bond donors (Lipinski definition) is 0. The van der Waals surface area contributed by atoms with E-state index in [1.807, 2.05) is 6.92 Å². The van der Waals surface area contributed by atoms with Crippen LogP contribution >= 0.6 is 0 Å². The van der Waals surface area contributed by atoms with E-state index in [9.17, 15) is 4.79 Å². The van der Waals surface area contributed by atoms with Gasteiger partial charge in [0.25, 0.3) is 0 Å². The second-order valence-corrected chi connectivity index (χ2v) is 0.575. The summed E-state index contributed by atoms with van der Waals surface area (Å²) in [6.45, 7) is 1.81. The fourth-order valence-corrected chi connectivity index (χ4v) is 0. The molecule has 0 rings (SSSR count). The fourth-order valence-electron chi connectivity index (χ4n) is 0. The summed E-state index contributed by atoms with van der Waals surface area (Å²) in [4.78, 5) is 9.17. The van der Waals surface area contributed by atoms with Gasteiger partial charge in [-0.3, -0.25) is 0 Å². The Morgan fingerprint density at radius 1 is 1.80 bits per heavy atom. The molecule has 0 aliphatic carbocycles. The molecule has 0 fully saturated rings. The first-order valence-corrected chi connectivity index (χ1v) is 1.35. The van der Waals surface area contributed by atoms with Crippen molar-refractivity contribution in [2.45, 2.75) is 13.3 Å². The van der Waals surface area contributed by atoms with Crippen LogP contribution in [0.25, 0.3) is 0 Å². The zero-order valence-corrected chi connectivity index (χ0v) is 5.04. The molecule has 0 unspecified atom stereocenters. The van der Waals surface area contributed by atoms with Gasteiger partial charge in [0.2, 0.25) is 0 Å². The molecule has 0 aromatic rings. The maximum absolute atomic E-state index is 9.17. The number of rotatable bonds is 1. The van der Waals surface area contributed by atoms with Gasteiger partial charge in [0, 0.05) is 44.6 Å². The van der Waals surface area contributed by atoms with Gasteiger partial charge < -0.3 is 4.79 Å². The zero-order valence-electron chi connectivity index (χ0n) is 3.01. The molecule has 0 aromatic carbocycles. The summed E-state index contributed by atoms with van der Waals surface area (Å²) >= 11 is 0. The van der Waals surface area contributed by atoms with Crippen LogP contribution in [0.15, 0.2) is 0 Å². The normalized spacial score (nSPS) is 5.00. The quantitative estimate of drug-likeness (QED) is 0.592. The van der Waals surface area contributed by atoms with Crippen molar-refractivity contribution >= 4 is 6.29 Å². The molecule has 0 saturated carbocycles. The summed E-state index contributed by atoms with van der Waals surface area (Å²) in [5.74, 6) is 0. The number of carbonyl (C=O) groups is 1. The van der Waals surface area contributed by atoms with Gasteiger partial charge in [-0.25, -0.2) is 0 Å². The number of carbonyl (C=O) groups excluding carboxylic acids is 1. The largest absolute Gasteiger partial charge is 0.303 e. The molecule has 0 amide bonds. The maximum atomic E-state index is 9.17. The van der Waals surface area contributed by atoms with Gasteiger partial charge in [0.1, 0.15) is 6.29 Å². The topological polar surface area (TPSA) is 17.1 Å². The molecule has 0 heterocycles. The molecule has 0 saturated heterocycles. The Hall–Kier alpha value is 0.943. The number of aldehydes is 1. The first-order valence-electron chi connectivity index (χ1n) is 1.35. The average molecular weight is 221 g/mol. The first-order chi connectivity index (χ1) is 1.91. The van der Waals surface area contributed by atoms with E-state index < -0.39 is 0 Å². The zero-order chi connectivity index (χ0) is 3.41. The van der Waals surface area contributed by atoms with Crippen LogP contribution in [0.2, 0.25) is 0 Å². The Balaban J connectivity index is 0. The standard InChI is InChI=1S/C3H6O.Dy/c1-2-3-4;/h3H,2H2,1H3;. The van der Waals surface area contributed by atoms with Crippen molar-refractivity contribution in [3.63, 3.8) is 0 Å². The molecule has 0 aliphatic rings. The van der Waals surface area contributed by atoms with E-state index in [-0.39, 0.29) is 38.2 Å². The van der Waals surface area contributed by atoms with Crippen LogP contribution in [-0.4, -0.2) is 6.29 Å². The van der Waals surface area contributed by atoms with Gasteiger partial charge in [-0.15, -0.1) is 0 Å². The third kappa shape index (κ3) is 11.3. The fraction of sp³-hybridized carbons (Fsp3) is 0.667. The summed E-state index contributed by atoms with van der Waals surface area (Å²) in [5, 5.41) is 0. The van der Waals surface area contributed by atoms with Gasteiger partial charge in [0.15, 0.2) is 0 Å². The van der Waals surface area contributed by atoms with E-state index in [1.165, 1.54) is 0 Å². The van der Waals surface area contributed by atoms with Crippen LogP contribution in [0.3, 0.4) is 0 Å². The molecule has 0 aromatic heterocycles. The van der Waals surface area contributed by atoms with Crippen LogP contribution in [0.1, 0.15) is 13.3 Å². The van der Waals surface area contributed by atoms with Crippen molar-refractivity contribution in [1.29, 1.82) is 0 Å². The van der Waals surface area contributed by atoms with Crippen LogP contribution in [0, 0.1) is 38.2 Å². The molecule has 5 heavy (non-hydrogen) atoms. The Morgan fingerprint density at radius 3 is 2.00 bits per heavy atom. The molecule has 34 valence electrons. The Kier molecular flexibility index (Phi) is 16.6. The Bertz CT molecular complexity index is 20.9. The van der Waals surface area contributed by atoms with Gasteiger partial charge >= 0.3 is 0 Å². The van der Waals surface area contributed by atoms with E-state index in [0.29, 0.717) is 6.42 Å². The van der Waals surface area contributed by atoms with E-state index in [1.54, 1.807) is 0 Å². The van der Waals surface area contributed by atoms with Crippen molar-refractivity contribution in [2.75, 3.05) is 0 Å². The third-order valence-electron chi connectivity index (χ3n) is 0.167. The van der Waals surface area contributed by atoms with Crippen molar-refractivity contribution in [1.82, 2.24) is 0 Å². The van der Waals surface area contributed by atoms with E-state index >= 15 is 0 Å². The van der Waals surface area contributed by atoms with Gasteiger partial charge in [-0.2, -0.15) is 0 Å². The van der Waals surface area contributed by atoms with E-state index in [0.717, 1.165) is 6.29 Å². The van der Waals surface area contributed by atoms with Gasteiger partial charge in [-0.05, 0) is 0 Å². The summed E-state index contributed by atoms with van der Waals surface area (Å²) in [6.07, 6.45) is 1.51. The SMILES string of the molecule is CCC=O.[Dy]. The minimum atomic E-state index is 0. The monoisotopic (exact) mass is 222 g/mol. The molecule has 0 bridgehead atoms. The molecule has 2 heteroatoms. The van der Waals surface area contributed by atoms with Crippen LogP contribution in [0.5, 0.6) is 0 Å². The second kappa shape index (κ2) is 8.87. The summed E-state index contributed by atoms with van der Waals surface area (Å²) in [5.41, 5.74) is 0. The minimum absolute atomic E-state index is 0. The predicted octanol–water partition coefficient (Wildman–Crippen LogP) is 0.595. The second-order valence-electron chi connectivity index (χ2n) is 0.575. The van der Waals surface area contributed by atoms with Gasteiger partial charge in [0.05, 0.1) is 0 Å². The maximum Gasteiger partial charge on any atom is 0.119 e. The molecule has 0 spiro atoms. The summed E-state index contributed by atoms with van der Waals surface area (Å²) in [7, 11) is 0. The molecule has 1 nitrogen and oxygen atoms in total. The van der Waals surface area contributed by atoms with Gasteiger partial charge in [-0.1, -0.05) is 6.92 Å². The third-order valence-corrected chi connectivity index (χ3v) is 0.167. The van der Waals surface area contributed by atoms with Crippen LogP contribution < -0.4 is 0 Å². The molecular weight excluding hydrogens is 215 g/mol. The average Bonchev–Trinajstić information content (AvgIpc) is 1.37. The van der Waals surface area contributed by atoms with E-state index in [4.69, 9.17) is 0 Å². The molecule has 0 radical (unpaired) electrons. The van der Waals surface area contributed by atoms with Crippen molar-refractivity contribution in [3.05, 3.63) is 0 Å². The van der Waals surface area contributed by atoms with Crippen molar-refractivity contribution in [3.8, 4) is 0 Å². The molecule has 0 atom stereocenters. The smallest absolute Gasteiger partial charge is 0.119 e. The minimum Gasteiger partial charge on any atom is -0.303 e. The Labute approximate surface area is 62.2 Å². The van der Waals surface area contributed by atoms with E-state index in [2.05, 4.69) is 0 Å². The molecule has 0 N–H and O–H groups in total. The van der Waals surface area contributed by atoms with Crippen molar-refractivity contribution in [2.24, 2.45) is 0 Å². The summed E-state index contributed by atoms with van der Waals surface area (Å²) < 4.78 is 0. The molecule has 0 aliphatic heterocycles. The molecular formula is C3H6DyO. The first kappa shape index (κ1) is 9.34.